The van der Waals surface area contributed by atoms with Gasteiger partial charge in [-0.1, -0.05) is 24.3 Å². The number of anilines is 1. The molecule has 2 heterocycles. The molecule has 27 heavy (non-hydrogen) atoms. The number of aromatic amines is 1. The molecule has 0 aliphatic carbocycles. The second-order valence-electron chi connectivity index (χ2n) is 7.10. The van der Waals surface area contributed by atoms with Gasteiger partial charge in [0.15, 0.2) is 0 Å². The van der Waals surface area contributed by atoms with Crippen LogP contribution in [0.25, 0.3) is 10.9 Å². The van der Waals surface area contributed by atoms with E-state index in [-0.39, 0.29) is 11.5 Å². The van der Waals surface area contributed by atoms with Gasteiger partial charge in [0.05, 0.1) is 6.42 Å². The Bertz CT molecular complexity index is 1050. The molecule has 3 aromatic rings. The minimum absolute atomic E-state index is 0.0166. The van der Waals surface area contributed by atoms with E-state index in [4.69, 9.17) is 0 Å². The van der Waals surface area contributed by atoms with Crippen molar-refractivity contribution in [1.82, 2.24) is 10.3 Å². The fraction of sp³-hybridized carbons (Fsp3) is 0.273. The average Bonchev–Trinajstić information content (AvgIpc) is 3.06. The molecule has 1 aromatic heterocycles. The van der Waals surface area contributed by atoms with Crippen LogP contribution in [0, 0.1) is 6.92 Å². The van der Waals surface area contributed by atoms with Crippen LogP contribution in [0.2, 0.25) is 0 Å². The van der Waals surface area contributed by atoms with E-state index >= 15 is 0 Å². The first kappa shape index (κ1) is 17.3. The van der Waals surface area contributed by atoms with E-state index in [1.165, 1.54) is 11.3 Å². The van der Waals surface area contributed by atoms with Crippen LogP contribution >= 0.6 is 0 Å². The summed E-state index contributed by atoms with van der Waals surface area (Å²) >= 11 is 0. The van der Waals surface area contributed by atoms with Crippen molar-refractivity contribution in [3.63, 3.8) is 0 Å². The van der Waals surface area contributed by atoms with Crippen LogP contribution in [0.1, 0.15) is 16.7 Å². The number of aryl methyl sites for hydroxylation is 1. The van der Waals surface area contributed by atoms with E-state index in [2.05, 4.69) is 39.5 Å². The molecule has 0 saturated carbocycles. The number of para-hydroxylation sites is 1. The van der Waals surface area contributed by atoms with Gasteiger partial charge in [-0.2, -0.15) is 0 Å². The molecule has 4 rings (SSSR count). The Labute approximate surface area is 158 Å². The lowest BCUT2D eigenvalue weighted by atomic mass is 10.1. The Kier molecular flexibility index (Phi) is 4.67. The number of hydrogen-bond donors (Lipinski definition) is 2. The molecular weight excluding hydrogens is 338 g/mol. The summed E-state index contributed by atoms with van der Waals surface area (Å²) in [6, 6.07) is 16.0. The van der Waals surface area contributed by atoms with Crippen LogP contribution in [0.15, 0.2) is 53.3 Å². The Morgan fingerprint density at radius 3 is 2.93 bits per heavy atom. The number of nitrogens with zero attached hydrogens (tertiary/aromatic N) is 1. The molecule has 1 aliphatic heterocycles. The standard InChI is InChI=1S/C22H23N3O2/c1-15-12-18-13-16(6-7-19(18)24-22(15)27)14-21(26)23-9-11-25-10-8-17-4-2-3-5-20(17)25/h2-7,12-13H,8-11,14H2,1H3,(H,23,26)(H,24,27). The Hall–Kier alpha value is -3.08. The summed E-state index contributed by atoms with van der Waals surface area (Å²) in [7, 11) is 0. The molecule has 0 saturated heterocycles. The zero-order valence-electron chi connectivity index (χ0n) is 15.4. The lowest BCUT2D eigenvalue weighted by molar-refractivity contribution is -0.120. The first-order chi connectivity index (χ1) is 13.1. The van der Waals surface area contributed by atoms with Gasteiger partial charge in [-0.25, -0.2) is 0 Å². The third-order valence-corrected chi connectivity index (χ3v) is 5.15. The number of rotatable bonds is 5. The zero-order valence-corrected chi connectivity index (χ0v) is 15.4. The predicted molar refractivity (Wildman–Crippen MR) is 108 cm³/mol. The highest BCUT2D eigenvalue weighted by molar-refractivity contribution is 5.83. The highest BCUT2D eigenvalue weighted by atomic mass is 16.1. The number of aromatic nitrogens is 1. The van der Waals surface area contributed by atoms with E-state index in [1.807, 2.05) is 24.3 Å². The molecule has 138 valence electrons. The lowest BCUT2D eigenvalue weighted by Crippen LogP contribution is -2.34. The smallest absolute Gasteiger partial charge is 0.251 e. The van der Waals surface area contributed by atoms with Gasteiger partial charge in [0.1, 0.15) is 0 Å². The SMILES string of the molecule is Cc1cc2cc(CC(=O)NCCN3CCc4ccccc43)ccc2[nH]c1=O. The highest BCUT2D eigenvalue weighted by Gasteiger charge is 2.17. The summed E-state index contributed by atoms with van der Waals surface area (Å²) in [6.45, 7) is 4.25. The Morgan fingerprint density at radius 2 is 2.04 bits per heavy atom. The van der Waals surface area contributed by atoms with Gasteiger partial charge in [-0.15, -0.1) is 0 Å². The number of H-pyrrole nitrogens is 1. The van der Waals surface area contributed by atoms with Gasteiger partial charge in [-0.3, -0.25) is 9.59 Å². The van der Waals surface area contributed by atoms with Crippen LogP contribution < -0.4 is 15.8 Å². The number of nitrogens with one attached hydrogen (secondary N) is 2. The van der Waals surface area contributed by atoms with Crippen molar-refractivity contribution in [2.45, 2.75) is 19.8 Å². The third-order valence-electron chi connectivity index (χ3n) is 5.15. The quantitative estimate of drug-likeness (QED) is 0.734. The normalized spacial score (nSPS) is 13.0. The first-order valence-electron chi connectivity index (χ1n) is 9.32. The summed E-state index contributed by atoms with van der Waals surface area (Å²) in [5.74, 6) is 0.0166. The number of fused-ring (bicyclic) bond motifs is 2. The molecule has 2 N–H and O–H groups in total. The first-order valence-corrected chi connectivity index (χ1v) is 9.32. The average molecular weight is 361 g/mol. The summed E-state index contributed by atoms with van der Waals surface area (Å²) < 4.78 is 0. The second-order valence-corrected chi connectivity index (χ2v) is 7.10. The van der Waals surface area contributed by atoms with Crippen molar-refractivity contribution in [3.8, 4) is 0 Å². The van der Waals surface area contributed by atoms with Crippen LogP contribution in [-0.4, -0.2) is 30.5 Å². The molecule has 5 nitrogen and oxygen atoms in total. The van der Waals surface area contributed by atoms with Gasteiger partial charge in [0.25, 0.3) is 5.56 Å². The van der Waals surface area contributed by atoms with Crippen molar-refractivity contribution in [2.75, 3.05) is 24.5 Å². The fourth-order valence-electron chi connectivity index (χ4n) is 3.69. The minimum atomic E-state index is -0.0727. The van der Waals surface area contributed by atoms with Crippen LogP contribution in [-0.2, 0) is 17.6 Å². The summed E-state index contributed by atoms with van der Waals surface area (Å²) in [6.07, 6.45) is 1.41. The van der Waals surface area contributed by atoms with Crippen molar-refractivity contribution < 1.29 is 4.79 Å². The molecule has 0 unspecified atom stereocenters. The molecular formula is C22H23N3O2. The number of hydrogen-bond acceptors (Lipinski definition) is 3. The van der Waals surface area contributed by atoms with Gasteiger partial charge in [-0.05, 0) is 54.1 Å². The van der Waals surface area contributed by atoms with Gasteiger partial charge in [0, 0.05) is 36.4 Å². The zero-order chi connectivity index (χ0) is 18.8. The third kappa shape index (κ3) is 3.72. The molecule has 5 heteroatoms. The summed E-state index contributed by atoms with van der Waals surface area (Å²) in [4.78, 5) is 29.2. The van der Waals surface area contributed by atoms with Gasteiger partial charge < -0.3 is 15.2 Å². The maximum atomic E-state index is 12.3. The maximum Gasteiger partial charge on any atom is 0.251 e. The topological polar surface area (TPSA) is 65.2 Å². The molecule has 0 radical (unpaired) electrons. The number of carbonyl (C=O) groups excluding carboxylic acids is 1. The van der Waals surface area contributed by atoms with Crippen LogP contribution in [0.4, 0.5) is 5.69 Å². The predicted octanol–water partition coefficient (Wildman–Crippen LogP) is 2.56. The highest BCUT2D eigenvalue weighted by Crippen LogP contribution is 2.26. The largest absolute Gasteiger partial charge is 0.369 e. The number of pyridine rings is 1. The van der Waals surface area contributed by atoms with E-state index in [1.54, 1.807) is 6.92 Å². The Balaban J connectivity index is 1.34. The molecule has 0 spiro atoms. The van der Waals surface area contributed by atoms with E-state index in [0.717, 1.165) is 36.0 Å². The summed E-state index contributed by atoms with van der Waals surface area (Å²) in [5, 5.41) is 3.97. The minimum Gasteiger partial charge on any atom is -0.369 e. The molecule has 2 aromatic carbocycles. The molecule has 0 atom stereocenters. The number of benzene rings is 2. The van der Waals surface area contributed by atoms with E-state index in [9.17, 15) is 9.59 Å². The molecule has 1 amide bonds. The maximum absolute atomic E-state index is 12.3. The van der Waals surface area contributed by atoms with Crippen molar-refractivity contribution in [1.29, 1.82) is 0 Å². The van der Waals surface area contributed by atoms with Gasteiger partial charge in [0.2, 0.25) is 5.91 Å². The van der Waals surface area contributed by atoms with Crippen LogP contribution in [0.3, 0.4) is 0 Å². The molecule has 1 aliphatic rings. The number of carbonyl (C=O) groups is 1. The van der Waals surface area contributed by atoms with E-state index in [0.29, 0.717) is 18.5 Å². The Morgan fingerprint density at radius 1 is 1.19 bits per heavy atom. The molecule has 0 bridgehead atoms. The van der Waals surface area contributed by atoms with E-state index < -0.39 is 0 Å². The monoisotopic (exact) mass is 361 g/mol. The van der Waals surface area contributed by atoms with Crippen molar-refractivity contribution >= 4 is 22.5 Å². The second kappa shape index (κ2) is 7.27. The van der Waals surface area contributed by atoms with Crippen molar-refractivity contribution in [2.24, 2.45) is 0 Å². The van der Waals surface area contributed by atoms with Gasteiger partial charge >= 0.3 is 0 Å². The molecule has 0 fully saturated rings. The lowest BCUT2D eigenvalue weighted by Gasteiger charge is -2.19. The summed E-state index contributed by atoms with van der Waals surface area (Å²) in [5.41, 5.74) is 5.01. The number of amides is 1. The van der Waals surface area contributed by atoms with Crippen molar-refractivity contribution in [3.05, 3.63) is 75.6 Å². The fourth-order valence-corrected chi connectivity index (χ4v) is 3.69. The van der Waals surface area contributed by atoms with Crippen LogP contribution in [0.5, 0.6) is 0 Å².